The van der Waals surface area contributed by atoms with Crippen molar-refractivity contribution in [2.24, 2.45) is 0 Å². The predicted octanol–water partition coefficient (Wildman–Crippen LogP) is 4.59. The van der Waals surface area contributed by atoms with Gasteiger partial charge in [-0.25, -0.2) is 5.01 Å². The highest BCUT2D eigenvalue weighted by Crippen LogP contribution is 2.36. The Labute approximate surface area is 197 Å². The Bertz CT molecular complexity index is 1170. The molecule has 3 aromatic rings. The van der Waals surface area contributed by atoms with E-state index in [2.05, 4.69) is 10.7 Å². The number of ether oxygens (including phenoxy) is 2. The Morgan fingerprint density at radius 3 is 2.52 bits per heavy atom. The summed E-state index contributed by atoms with van der Waals surface area (Å²) in [4.78, 5) is 26.2. The van der Waals surface area contributed by atoms with Gasteiger partial charge in [0.25, 0.3) is 5.91 Å². The number of nitrogens with one attached hydrogen (secondary N) is 2. The molecule has 8 heteroatoms. The number of benzene rings is 3. The average molecular weight is 466 g/mol. The second-order valence-corrected chi connectivity index (χ2v) is 7.98. The molecule has 2 amide bonds. The van der Waals surface area contributed by atoms with Crippen LogP contribution in [-0.2, 0) is 11.2 Å². The van der Waals surface area contributed by atoms with Crippen molar-refractivity contribution in [1.29, 1.82) is 0 Å². The lowest BCUT2D eigenvalue weighted by molar-refractivity contribution is -0.125. The summed E-state index contributed by atoms with van der Waals surface area (Å²) in [5.41, 5.74) is 5.54. The number of carbonyl (C=O) groups is 2. The van der Waals surface area contributed by atoms with Crippen LogP contribution < -0.4 is 20.2 Å². The van der Waals surface area contributed by atoms with Crippen LogP contribution in [-0.4, -0.2) is 31.0 Å². The van der Waals surface area contributed by atoms with Crippen molar-refractivity contribution in [3.05, 3.63) is 88.4 Å². The van der Waals surface area contributed by atoms with Crippen LogP contribution in [0.5, 0.6) is 11.5 Å². The van der Waals surface area contributed by atoms with Gasteiger partial charge in [-0.15, -0.1) is 0 Å². The molecule has 1 atom stereocenters. The summed E-state index contributed by atoms with van der Waals surface area (Å²) >= 11 is 6.12. The molecule has 1 heterocycles. The number of anilines is 1. The molecule has 0 saturated heterocycles. The van der Waals surface area contributed by atoms with Crippen LogP contribution in [0.1, 0.15) is 34.1 Å². The number of methoxy groups -OCH3 is 2. The monoisotopic (exact) mass is 465 g/mol. The average Bonchev–Trinajstić information content (AvgIpc) is 2.85. The number of amides is 2. The number of fused-ring (bicyclic) bond motifs is 1. The third-order valence-corrected chi connectivity index (χ3v) is 5.67. The second-order valence-electron chi connectivity index (χ2n) is 7.55. The standard InChI is InChI=1S/C25H24ClN3O4/c1-32-21-12-9-17(14-22(21)33-2)24-27-20-11-10-18(26)15-19(20)25(31)29(24)28-23(30)13-8-16-6-4-3-5-7-16/h3-7,9-12,14-15,24,27H,8,13H2,1-2H3,(H,28,30). The van der Waals surface area contributed by atoms with Crippen molar-refractivity contribution in [2.75, 3.05) is 19.5 Å². The SMILES string of the molecule is COc1ccc(C2Nc3ccc(Cl)cc3C(=O)N2NC(=O)CCc2ccccc2)cc1OC. The fraction of sp³-hybridized carbons (Fsp3) is 0.200. The van der Waals surface area contributed by atoms with Crippen molar-refractivity contribution in [2.45, 2.75) is 19.0 Å². The molecular weight excluding hydrogens is 442 g/mol. The lowest BCUT2D eigenvalue weighted by Gasteiger charge is -2.38. The van der Waals surface area contributed by atoms with Gasteiger partial charge in [0.05, 0.1) is 19.8 Å². The molecule has 33 heavy (non-hydrogen) atoms. The molecule has 3 aromatic carbocycles. The fourth-order valence-corrected chi connectivity index (χ4v) is 3.91. The molecule has 0 fully saturated rings. The Balaban J connectivity index is 1.63. The third kappa shape index (κ3) is 4.88. The van der Waals surface area contributed by atoms with Gasteiger partial charge in [-0.3, -0.25) is 15.0 Å². The van der Waals surface area contributed by atoms with Crippen molar-refractivity contribution in [3.8, 4) is 11.5 Å². The number of halogens is 1. The van der Waals surface area contributed by atoms with Gasteiger partial charge in [0.1, 0.15) is 6.17 Å². The highest BCUT2D eigenvalue weighted by Gasteiger charge is 2.35. The quantitative estimate of drug-likeness (QED) is 0.533. The Kier molecular flexibility index (Phi) is 6.70. The van der Waals surface area contributed by atoms with E-state index in [0.717, 1.165) is 5.56 Å². The van der Waals surface area contributed by atoms with E-state index >= 15 is 0 Å². The van der Waals surface area contributed by atoms with Crippen molar-refractivity contribution < 1.29 is 19.1 Å². The third-order valence-electron chi connectivity index (χ3n) is 5.43. The molecule has 1 aliphatic heterocycles. The first-order valence-corrected chi connectivity index (χ1v) is 10.8. The van der Waals surface area contributed by atoms with Gasteiger partial charge >= 0.3 is 0 Å². The zero-order valence-corrected chi connectivity index (χ0v) is 19.1. The Hall–Kier alpha value is -3.71. The topological polar surface area (TPSA) is 79.9 Å². The molecule has 170 valence electrons. The maximum absolute atomic E-state index is 13.4. The van der Waals surface area contributed by atoms with E-state index in [1.165, 1.54) is 5.01 Å². The van der Waals surface area contributed by atoms with E-state index in [1.807, 2.05) is 36.4 Å². The zero-order chi connectivity index (χ0) is 23.4. The maximum atomic E-state index is 13.4. The summed E-state index contributed by atoms with van der Waals surface area (Å²) < 4.78 is 10.7. The van der Waals surface area contributed by atoms with E-state index in [4.69, 9.17) is 21.1 Å². The largest absolute Gasteiger partial charge is 0.493 e. The molecule has 0 radical (unpaired) electrons. The smallest absolute Gasteiger partial charge is 0.276 e. The van der Waals surface area contributed by atoms with Crippen molar-refractivity contribution >= 4 is 29.1 Å². The molecule has 0 spiro atoms. The minimum Gasteiger partial charge on any atom is -0.493 e. The first kappa shape index (κ1) is 22.5. The van der Waals surface area contributed by atoms with E-state index in [0.29, 0.717) is 39.8 Å². The van der Waals surface area contributed by atoms with E-state index in [1.54, 1.807) is 44.6 Å². The molecule has 7 nitrogen and oxygen atoms in total. The van der Waals surface area contributed by atoms with Gasteiger partial charge in [0, 0.05) is 22.7 Å². The fourth-order valence-electron chi connectivity index (χ4n) is 3.74. The molecule has 1 aliphatic rings. The van der Waals surface area contributed by atoms with Crippen LogP contribution in [0.2, 0.25) is 5.02 Å². The summed E-state index contributed by atoms with van der Waals surface area (Å²) in [5, 5.41) is 5.06. The number of hydrogen-bond acceptors (Lipinski definition) is 5. The molecule has 0 saturated carbocycles. The summed E-state index contributed by atoms with van der Waals surface area (Å²) in [7, 11) is 3.10. The summed E-state index contributed by atoms with van der Waals surface area (Å²) in [6.07, 6.45) is 0.132. The van der Waals surface area contributed by atoms with Crippen LogP contribution in [0.25, 0.3) is 0 Å². The summed E-state index contributed by atoms with van der Waals surface area (Å²) in [6, 6.07) is 20.1. The predicted molar refractivity (Wildman–Crippen MR) is 126 cm³/mol. The van der Waals surface area contributed by atoms with Crippen molar-refractivity contribution in [1.82, 2.24) is 10.4 Å². The number of aryl methyl sites for hydroxylation is 1. The minimum atomic E-state index is -0.661. The van der Waals surface area contributed by atoms with Crippen LogP contribution >= 0.6 is 11.6 Å². The van der Waals surface area contributed by atoms with Gasteiger partial charge in [0.2, 0.25) is 5.91 Å². The summed E-state index contributed by atoms with van der Waals surface area (Å²) in [5.74, 6) is 0.444. The molecule has 4 rings (SSSR count). The Morgan fingerprint density at radius 1 is 1.03 bits per heavy atom. The highest BCUT2D eigenvalue weighted by molar-refractivity contribution is 6.31. The molecule has 1 unspecified atom stereocenters. The van der Waals surface area contributed by atoms with E-state index in [-0.39, 0.29) is 18.2 Å². The first-order valence-electron chi connectivity index (χ1n) is 10.4. The number of nitrogens with zero attached hydrogens (tertiary/aromatic N) is 1. The molecule has 0 aliphatic carbocycles. The van der Waals surface area contributed by atoms with Gasteiger partial charge < -0.3 is 14.8 Å². The van der Waals surface area contributed by atoms with E-state index in [9.17, 15) is 9.59 Å². The number of rotatable bonds is 7. The van der Waals surface area contributed by atoms with Crippen LogP contribution in [0.4, 0.5) is 5.69 Å². The Morgan fingerprint density at radius 2 is 1.79 bits per heavy atom. The van der Waals surface area contributed by atoms with Crippen LogP contribution in [0, 0.1) is 0 Å². The minimum absolute atomic E-state index is 0.231. The molecule has 2 N–H and O–H groups in total. The lowest BCUT2D eigenvalue weighted by Crippen LogP contribution is -2.52. The van der Waals surface area contributed by atoms with E-state index < -0.39 is 6.17 Å². The maximum Gasteiger partial charge on any atom is 0.276 e. The molecule has 0 bridgehead atoms. The highest BCUT2D eigenvalue weighted by atomic mass is 35.5. The van der Waals surface area contributed by atoms with Crippen LogP contribution in [0.15, 0.2) is 66.7 Å². The second kappa shape index (κ2) is 9.83. The lowest BCUT2D eigenvalue weighted by atomic mass is 10.0. The normalized spacial score (nSPS) is 14.8. The molecule has 0 aromatic heterocycles. The first-order chi connectivity index (χ1) is 16.0. The zero-order valence-electron chi connectivity index (χ0n) is 18.3. The number of carbonyl (C=O) groups excluding carboxylic acids is 2. The van der Waals surface area contributed by atoms with Crippen LogP contribution in [0.3, 0.4) is 0 Å². The van der Waals surface area contributed by atoms with Gasteiger partial charge in [0.15, 0.2) is 11.5 Å². The number of hydrazine groups is 1. The van der Waals surface area contributed by atoms with Gasteiger partial charge in [-0.1, -0.05) is 48.0 Å². The molecular formula is C25H24ClN3O4. The number of hydrogen-bond donors (Lipinski definition) is 2. The van der Waals surface area contributed by atoms with Gasteiger partial charge in [-0.05, 0) is 42.3 Å². The summed E-state index contributed by atoms with van der Waals surface area (Å²) in [6.45, 7) is 0. The van der Waals surface area contributed by atoms with Crippen molar-refractivity contribution in [3.63, 3.8) is 0 Å². The van der Waals surface area contributed by atoms with Gasteiger partial charge in [-0.2, -0.15) is 0 Å².